The molecule has 0 spiro atoms. The van der Waals surface area contributed by atoms with Crippen molar-refractivity contribution in [1.82, 2.24) is 0 Å². The Morgan fingerprint density at radius 3 is 2.15 bits per heavy atom. The second kappa shape index (κ2) is 3.50. The average molecular weight is 276 g/mol. The zero-order valence-electron chi connectivity index (χ0n) is 6.00. The summed E-state index contributed by atoms with van der Waals surface area (Å²) in [6.45, 7) is -5.38. The van der Waals surface area contributed by atoms with Gasteiger partial charge in [0.2, 0.25) is 0 Å². The zero-order chi connectivity index (χ0) is 10.2. The molecular weight excluding hydrogens is 274 g/mol. The SMILES string of the molecule is Fc1ccc(Cl)c(Br)c1[B-](F)(F)F. The van der Waals surface area contributed by atoms with Crippen molar-refractivity contribution in [3.63, 3.8) is 0 Å². The molecule has 0 fully saturated rings. The molecule has 0 unspecified atom stereocenters. The van der Waals surface area contributed by atoms with Crippen molar-refractivity contribution in [3.05, 3.63) is 27.4 Å². The van der Waals surface area contributed by atoms with Crippen molar-refractivity contribution in [3.8, 4) is 0 Å². The fourth-order valence-electron chi connectivity index (χ4n) is 0.843. The summed E-state index contributed by atoms with van der Waals surface area (Å²) < 4.78 is 49.0. The van der Waals surface area contributed by atoms with Crippen molar-refractivity contribution in [1.29, 1.82) is 0 Å². The predicted octanol–water partition coefficient (Wildman–Crippen LogP) is 3.30. The van der Waals surface area contributed by atoms with Gasteiger partial charge in [0.25, 0.3) is 0 Å². The fraction of sp³-hybridized carbons (Fsp3) is 0. The standard InChI is InChI=1S/C6H2BBrClF4/c8-6-3(9)1-2-4(10)5(6)7(11,12)13/h1-2H/q-1. The Balaban J connectivity index is 3.43. The molecule has 1 aromatic rings. The quantitative estimate of drug-likeness (QED) is 0.419. The molecule has 0 bridgehead atoms. The number of hydrogen-bond donors (Lipinski definition) is 0. The second-order valence-corrected chi connectivity index (χ2v) is 3.53. The highest BCUT2D eigenvalue weighted by Gasteiger charge is 2.32. The van der Waals surface area contributed by atoms with Gasteiger partial charge in [-0.25, -0.2) is 4.39 Å². The molecule has 0 aliphatic heterocycles. The highest BCUT2D eigenvalue weighted by molar-refractivity contribution is 9.10. The molecule has 0 aromatic heterocycles. The molecule has 0 heterocycles. The summed E-state index contributed by atoms with van der Waals surface area (Å²) in [5, 5.41) is -0.157. The normalized spacial score (nSPS) is 11.8. The van der Waals surface area contributed by atoms with Crippen LogP contribution in [0, 0.1) is 5.82 Å². The summed E-state index contributed by atoms with van der Waals surface area (Å²) in [4.78, 5) is 0. The third-order valence-corrected chi connectivity index (χ3v) is 2.80. The third kappa shape index (κ3) is 2.17. The predicted molar refractivity (Wildman–Crippen MR) is 47.8 cm³/mol. The van der Waals surface area contributed by atoms with E-state index in [-0.39, 0.29) is 5.02 Å². The van der Waals surface area contributed by atoms with Crippen molar-refractivity contribution in [2.24, 2.45) is 0 Å². The second-order valence-electron chi connectivity index (χ2n) is 2.33. The van der Waals surface area contributed by atoms with Crippen LogP contribution in [-0.2, 0) is 0 Å². The van der Waals surface area contributed by atoms with E-state index in [4.69, 9.17) is 11.6 Å². The Kier molecular flexibility index (Phi) is 2.92. The molecule has 0 N–H and O–H groups in total. The smallest absolute Gasteiger partial charge is 0.445 e. The average Bonchev–Trinajstić information content (AvgIpc) is 1.95. The minimum Gasteiger partial charge on any atom is -0.445 e. The molecule has 0 aliphatic carbocycles. The zero-order valence-corrected chi connectivity index (χ0v) is 8.34. The van der Waals surface area contributed by atoms with Crippen molar-refractivity contribution < 1.29 is 17.3 Å². The minimum absolute atomic E-state index is 0.157. The number of benzene rings is 1. The molecule has 0 amide bonds. The first-order chi connectivity index (χ1) is 5.84. The van der Waals surface area contributed by atoms with Crippen LogP contribution in [0.2, 0.25) is 5.02 Å². The molecule has 1 rings (SSSR count). The Hall–Kier alpha value is -0.225. The van der Waals surface area contributed by atoms with Gasteiger partial charge >= 0.3 is 6.98 Å². The first-order valence-corrected chi connectivity index (χ1v) is 4.34. The van der Waals surface area contributed by atoms with E-state index in [0.29, 0.717) is 6.07 Å². The fourth-order valence-corrected chi connectivity index (χ4v) is 1.59. The molecule has 0 saturated heterocycles. The number of rotatable bonds is 1. The summed E-state index contributed by atoms with van der Waals surface area (Å²) in [7, 11) is 0. The van der Waals surface area contributed by atoms with Gasteiger partial charge < -0.3 is 12.9 Å². The summed E-state index contributed by atoms with van der Waals surface area (Å²) in [5.74, 6) is -1.32. The van der Waals surface area contributed by atoms with E-state index in [1.54, 1.807) is 0 Å². The van der Waals surface area contributed by atoms with E-state index in [1.165, 1.54) is 0 Å². The van der Waals surface area contributed by atoms with Gasteiger partial charge in [-0.3, -0.25) is 0 Å². The lowest BCUT2D eigenvalue weighted by molar-refractivity contribution is 0.493. The van der Waals surface area contributed by atoms with Gasteiger partial charge in [0.1, 0.15) is 0 Å². The van der Waals surface area contributed by atoms with Gasteiger partial charge in [0, 0.05) is 4.47 Å². The van der Waals surface area contributed by atoms with Crippen molar-refractivity contribution in [2.45, 2.75) is 0 Å². The molecule has 0 aliphatic rings. The summed E-state index contributed by atoms with van der Waals surface area (Å²) in [5.41, 5.74) is -1.31. The molecule has 0 saturated carbocycles. The molecule has 0 nitrogen and oxygen atoms in total. The summed E-state index contributed by atoms with van der Waals surface area (Å²) in [6.07, 6.45) is 0. The van der Waals surface area contributed by atoms with Crippen LogP contribution in [0.15, 0.2) is 16.6 Å². The molecule has 72 valence electrons. The topological polar surface area (TPSA) is 0 Å². The first-order valence-electron chi connectivity index (χ1n) is 3.17. The van der Waals surface area contributed by atoms with Gasteiger partial charge in [-0.1, -0.05) is 33.0 Å². The minimum atomic E-state index is -5.38. The van der Waals surface area contributed by atoms with Gasteiger partial charge in [-0.15, -0.1) is 0 Å². The molecule has 13 heavy (non-hydrogen) atoms. The lowest BCUT2D eigenvalue weighted by Crippen LogP contribution is -2.37. The van der Waals surface area contributed by atoms with E-state index in [0.717, 1.165) is 6.07 Å². The van der Waals surface area contributed by atoms with Crippen molar-refractivity contribution in [2.75, 3.05) is 0 Å². The highest BCUT2D eigenvalue weighted by atomic mass is 79.9. The maximum Gasteiger partial charge on any atom is 0.513 e. The Morgan fingerprint density at radius 2 is 1.77 bits per heavy atom. The van der Waals surface area contributed by atoms with Crippen LogP contribution >= 0.6 is 27.5 Å². The maximum absolute atomic E-state index is 12.7. The van der Waals surface area contributed by atoms with E-state index >= 15 is 0 Å². The van der Waals surface area contributed by atoms with Crippen LogP contribution in [0.3, 0.4) is 0 Å². The van der Waals surface area contributed by atoms with Crippen molar-refractivity contribution >= 4 is 40.0 Å². The Labute approximate surface area is 85.1 Å². The van der Waals surface area contributed by atoms with Crippen LogP contribution in [0.1, 0.15) is 0 Å². The van der Waals surface area contributed by atoms with E-state index in [1.807, 2.05) is 0 Å². The molecule has 0 radical (unpaired) electrons. The summed E-state index contributed by atoms with van der Waals surface area (Å²) >= 11 is 7.98. The van der Waals surface area contributed by atoms with E-state index in [9.17, 15) is 17.3 Å². The Bertz CT molecular complexity index is 338. The monoisotopic (exact) mass is 275 g/mol. The number of halogens is 6. The van der Waals surface area contributed by atoms with Gasteiger partial charge in [0.15, 0.2) is 0 Å². The molecule has 1 aromatic carbocycles. The number of hydrogen-bond acceptors (Lipinski definition) is 0. The van der Waals surface area contributed by atoms with E-state index in [2.05, 4.69) is 15.9 Å². The Morgan fingerprint density at radius 1 is 1.23 bits per heavy atom. The van der Waals surface area contributed by atoms with E-state index < -0.39 is 22.7 Å². The third-order valence-electron chi connectivity index (χ3n) is 1.41. The van der Waals surface area contributed by atoms with Gasteiger partial charge in [0.05, 0.1) is 10.8 Å². The van der Waals surface area contributed by atoms with Crippen LogP contribution < -0.4 is 5.46 Å². The van der Waals surface area contributed by atoms with Crippen LogP contribution in [-0.4, -0.2) is 6.98 Å². The van der Waals surface area contributed by atoms with Crippen LogP contribution in [0.4, 0.5) is 17.3 Å². The molecule has 0 atom stereocenters. The molecular formula is C6H2BBrClF4-. The lowest BCUT2D eigenvalue weighted by atomic mass is 9.80. The first kappa shape index (κ1) is 10.9. The van der Waals surface area contributed by atoms with Gasteiger partial charge in [-0.05, 0) is 12.1 Å². The lowest BCUT2D eigenvalue weighted by Gasteiger charge is -2.18. The van der Waals surface area contributed by atoms with Gasteiger partial charge in [-0.2, -0.15) is 0 Å². The van der Waals surface area contributed by atoms with Crippen LogP contribution in [0.5, 0.6) is 0 Å². The van der Waals surface area contributed by atoms with Crippen LogP contribution in [0.25, 0.3) is 0 Å². The highest BCUT2D eigenvalue weighted by Crippen LogP contribution is 2.25. The molecule has 7 heteroatoms. The largest absolute Gasteiger partial charge is 0.513 e. The summed E-state index contributed by atoms with van der Waals surface area (Å²) in [6, 6.07) is 1.75. The maximum atomic E-state index is 12.7.